The Labute approximate surface area is 164 Å². The van der Waals surface area contributed by atoms with Gasteiger partial charge in [0.05, 0.1) is 17.9 Å². The minimum atomic E-state index is -0.393. The van der Waals surface area contributed by atoms with E-state index < -0.39 is 5.97 Å². The van der Waals surface area contributed by atoms with Gasteiger partial charge < -0.3 is 10.1 Å². The lowest BCUT2D eigenvalue weighted by Gasteiger charge is -2.09. The van der Waals surface area contributed by atoms with Crippen LogP contribution in [0.15, 0.2) is 42.6 Å². The molecule has 3 aromatic rings. The summed E-state index contributed by atoms with van der Waals surface area (Å²) in [4.78, 5) is 29.7. The number of carbonyl (C=O) groups is 2. The molecule has 28 heavy (non-hydrogen) atoms. The maximum Gasteiger partial charge on any atom is 0.338 e. The predicted octanol–water partition coefficient (Wildman–Crippen LogP) is 4.41. The molecule has 6 heteroatoms. The van der Waals surface area contributed by atoms with Crippen LogP contribution in [-0.4, -0.2) is 27.9 Å². The fourth-order valence-electron chi connectivity index (χ4n) is 3.04. The van der Waals surface area contributed by atoms with Crippen LogP contribution in [0.1, 0.15) is 58.8 Å². The standard InChI is InChI=1S/C22H25N3O3/c1-4-7-18-20(25-14-15(3)10-11-19(25)24-18)21(26)23-17-9-6-8-16(13-17)22(27)28-12-5-2/h6,8-11,13-14H,4-5,7,12H2,1-3H3,(H,23,26). The lowest BCUT2D eigenvalue weighted by atomic mass is 10.1. The Morgan fingerprint density at radius 3 is 2.71 bits per heavy atom. The average Bonchev–Trinajstić information content (AvgIpc) is 3.03. The third kappa shape index (κ3) is 4.22. The first-order valence-corrected chi connectivity index (χ1v) is 9.59. The van der Waals surface area contributed by atoms with Crippen molar-refractivity contribution < 1.29 is 14.3 Å². The van der Waals surface area contributed by atoms with Crippen molar-refractivity contribution in [3.05, 3.63) is 65.1 Å². The van der Waals surface area contributed by atoms with Crippen LogP contribution in [0.25, 0.3) is 5.65 Å². The minimum Gasteiger partial charge on any atom is -0.462 e. The highest BCUT2D eigenvalue weighted by molar-refractivity contribution is 6.05. The average molecular weight is 379 g/mol. The number of anilines is 1. The van der Waals surface area contributed by atoms with Crippen LogP contribution in [0.3, 0.4) is 0 Å². The number of esters is 1. The molecule has 1 aromatic carbocycles. The van der Waals surface area contributed by atoms with Gasteiger partial charge in [0.25, 0.3) is 5.91 Å². The second kappa shape index (κ2) is 8.69. The molecule has 0 saturated carbocycles. The van der Waals surface area contributed by atoms with Gasteiger partial charge in [0.1, 0.15) is 11.3 Å². The van der Waals surface area contributed by atoms with E-state index in [1.807, 2.05) is 36.6 Å². The first kappa shape index (κ1) is 19.6. The van der Waals surface area contributed by atoms with Crippen LogP contribution >= 0.6 is 0 Å². The fourth-order valence-corrected chi connectivity index (χ4v) is 3.04. The van der Waals surface area contributed by atoms with Crippen LogP contribution in [0, 0.1) is 6.92 Å². The number of nitrogens with one attached hydrogen (secondary N) is 1. The zero-order chi connectivity index (χ0) is 20.1. The van der Waals surface area contributed by atoms with E-state index in [9.17, 15) is 9.59 Å². The number of benzene rings is 1. The molecular weight excluding hydrogens is 354 g/mol. The van der Waals surface area contributed by atoms with Gasteiger partial charge >= 0.3 is 5.97 Å². The van der Waals surface area contributed by atoms with Crippen LogP contribution in [0.4, 0.5) is 5.69 Å². The van der Waals surface area contributed by atoms with Gasteiger partial charge in [-0.3, -0.25) is 9.20 Å². The number of amides is 1. The summed E-state index contributed by atoms with van der Waals surface area (Å²) in [5.74, 6) is -0.643. The van der Waals surface area contributed by atoms with Gasteiger partial charge in [0.15, 0.2) is 0 Å². The number of imidazole rings is 1. The Bertz CT molecular complexity index is 1010. The van der Waals surface area contributed by atoms with E-state index in [1.54, 1.807) is 24.3 Å². The maximum absolute atomic E-state index is 13.1. The van der Waals surface area contributed by atoms with E-state index in [0.29, 0.717) is 30.0 Å². The molecule has 0 aliphatic heterocycles. The molecule has 0 bridgehead atoms. The molecule has 2 heterocycles. The Balaban J connectivity index is 1.90. The first-order chi connectivity index (χ1) is 13.5. The number of carbonyl (C=O) groups excluding carboxylic acids is 2. The summed E-state index contributed by atoms with van der Waals surface area (Å²) in [5, 5.41) is 2.90. The van der Waals surface area contributed by atoms with Crippen LogP contribution in [0.5, 0.6) is 0 Å². The minimum absolute atomic E-state index is 0.249. The molecule has 0 fully saturated rings. The fraction of sp³-hybridized carbons (Fsp3) is 0.318. The summed E-state index contributed by atoms with van der Waals surface area (Å²) in [7, 11) is 0. The second-order valence-corrected chi connectivity index (χ2v) is 6.76. The highest BCUT2D eigenvalue weighted by atomic mass is 16.5. The van der Waals surface area contributed by atoms with Gasteiger partial charge in [-0.2, -0.15) is 0 Å². The molecule has 2 aromatic heterocycles. The Hall–Kier alpha value is -3.15. The van der Waals surface area contributed by atoms with E-state index in [-0.39, 0.29) is 5.91 Å². The predicted molar refractivity (Wildman–Crippen MR) is 109 cm³/mol. The van der Waals surface area contributed by atoms with Gasteiger partial charge in [0, 0.05) is 11.9 Å². The lowest BCUT2D eigenvalue weighted by Crippen LogP contribution is -2.17. The van der Waals surface area contributed by atoms with E-state index >= 15 is 0 Å². The lowest BCUT2D eigenvalue weighted by molar-refractivity contribution is 0.0505. The normalized spacial score (nSPS) is 10.8. The molecule has 0 radical (unpaired) electrons. The number of hydrogen-bond acceptors (Lipinski definition) is 4. The van der Waals surface area contributed by atoms with Crippen molar-refractivity contribution in [1.82, 2.24) is 9.38 Å². The molecule has 0 spiro atoms. The molecule has 146 valence electrons. The van der Waals surface area contributed by atoms with Crippen molar-refractivity contribution in [3.63, 3.8) is 0 Å². The Morgan fingerprint density at radius 2 is 1.96 bits per heavy atom. The van der Waals surface area contributed by atoms with Gasteiger partial charge in [-0.05, 0) is 49.6 Å². The third-order valence-corrected chi connectivity index (χ3v) is 4.33. The molecule has 0 aliphatic rings. The molecular formula is C22H25N3O3. The van der Waals surface area contributed by atoms with Crippen molar-refractivity contribution in [2.45, 2.75) is 40.0 Å². The molecule has 6 nitrogen and oxygen atoms in total. The smallest absolute Gasteiger partial charge is 0.338 e. The number of fused-ring (bicyclic) bond motifs is 1. The van der Waals surface area contributed by atoms with Crippen LogP contribution < -0.4 is 5.32 Å². The van der Waals surface area contributed by atoms with E-state index in [0.717, 1.165) is 29.7 Å². The summed E-state index contributed by atoms with van der Waals surface area (Å²) in [6.45, 7) is 6.35. The van der Waals surface area contributed by atoms with Crippen LogP contribution in [0.2, 0.25) is 0 Å². The summed E-state index contributed by atoms with van der Waals surface area (Å²) < 4.78 is 6.99. The van der Waals surface area contributed by atoms with E-state index in [1.165, 1.54) is 0 Å². The Kier molecular flexibility index (Phi) is 6.09. The Morgan fingerprint density at radius 1 is 1.14 bits per heavy atom. The van der Waals surface area contributed by atoms with Gasteiger partial charge in [-0.1, -0.05) is 32.4 Å². The van der Waals surface area contributed by atoms with Gasteiger partial charge in [-0.15, -0.1) is 0 Å². The molecule has 0 saturated heterocycles. The highest BCUT2D eigenvalue weighted by Crippen LogP contribution is 2.19. The van der Waals surface area contributed by atoms with Crippen molar-refractivity contribution >= 4 is 23.2 Å². The largest absolute Gasteiger partial charge is 0.462 e. The summed E-state index contributed by atoms with van der Waals surface area (Å²) in [6, 6.07) is 10.7. The molecule has 0 atom stereocenters. The quantitative estimate of drug-likeness (QED) is 0.617. The second-order valence-electron chi connectivity index (χ2n) is 6.76. The SMILES string of the molecule is CCCOC(=O)c1cccc(NC(=O)c2c(CCC)nc3ccc(C)cn23)c1. The topological polar surface area (TPSA) is 72.7 Å². The monoisotopic (exact) mass is 379 g/mol. The number of aromatic nitrogens is 2. The summed E-state index contributed by atoms with van der Waals surface area (Å²) in [6.07, 6.45) is 4.28. The summed E-state index contributed by atoms with van der Waals surface area (Å²) >= 11 is 0. The zero-order valence-corrected chi connectivity index (χ0v) is 16.5. The molecule has 0 unspecified atom stereocenters. The van der Waals surface area contributed by atoms with E-state index in [2.05, 4.69) is 17.2 Å². The number of aryl methyl sites for hydroxylation is 2. The maximum atomic E-state index is 13.1. The van der Waals surface area contributed by atoms with Gasteiger partial charge in [0.2, 0.25) is 0 Å². The number of pyridine rings is 1. The number of hydrogen-bond donors (Lipinski definition) is 1. The third-order valence-electron chi connectivity index (χ3n) is 4.33. The molecule has 1 amide bonds. The van der Waals surface area contributed by atoms with Crippen molar-refractivity contribution in [2.75, 3.05) is 11.9 Å². The van der Waals surface area contributed by atoms with E-state index in [4.69, 9.17) is 4.74 Å². The van der Waals surface area contributed by atoms with Crippen LogP contribution in [-0.2, 0) is 11.2 Å². The zero-order valence-electron chi connectivity index (χ0n) is 16.5. The van der Waals surface area contributed by atoms with Crippen molar-refractivity contribution in [1.29, 1.82) is 0 Å². The number of ether oxygens (including phenoxy) is 1. The van der Waals surface area contributed by atoms with Crippen molar-refractivity contribution in [3.8, 4) is 0 Å². The molecule has 1 N–H and O–H groups in total. The summed E-state index contributed by atoms with van der Waals surface area (Å²) in [5.41, 5.74) is 4.04. The van der Waals surface area contributed by atoms with Crippen molar-refractivity contribution in [2.24, 2.45) is 0 Å². The number of rotatable bonds is 7. The number of nitrogens with zero attached hydrogens (tertiary/aromatic N) is 2. The van der Waals surface area contributed by atoms with Gasteiger partial charge in [-0.25, -0.2) is 9.78 Å². The highest BCUT2D eigenvalue weighted by Gasteiger charge is 2.19. The first-order valence-electron chi connectivity index (χ1n) is 9.59. The molecule has 3 rings (SSSR count). The molecule has 0 aliphatic carbocycles.